The van der Waals surface area contributed by atoms with E-state index in [0.717, 1.165) is 11.1 Å². The molecule has 1 atom stereocenters. The van der Waals surface area contributed by atoms with Crippen LogP contribution in [0, 0.1) is 19.8 Å². The summed E-state index contributed by atoms with van der Waals surface area (Å²) in [6.45, 7) is 3.51. The van der Waals surface area contributed by atoms with Crippen LogP contribution < -0.4 is 4.90 Å². The number of hydrogen-bond donors (Lipinski definition) is 0. The molecule has 3 aromatic rings. The fourth-order valence-corrected chi connectivity index (χ4v) is 4.19. The first-order valence-corrected chi connectivity index (χ1v) is 11.6. The van der Waals surface area contributed by atoms with Gasteiger partial charge in [0, 0.05) is 34.7 Å². The molecule has 178 valence electrons. The van der Waals surface area contributed by atoms with Crippen molar-refractivity contribution in [3.63, 3.8) is 0 Å². The zero-order valence-corrected chi connectivity index (χ0v) is 20.2. The van der Waals surface area contributed by atoms with E-state index in [-0.39, 0.29) is 36.0 Å². The number of carbonyl (C=O) groups is 4. The predicted molar refractivity (Wildman–Crippen MR) is 133 cm³/mol. The largest absolute Gasteiger partial charge is 0.457 e. The highest BCUT2D eigenvalue weighted by atomic mass is 35.5. The van der Waals surface area contributed by atoms with Crippen LogP contribution in [0.25, 0.3) is 0 Å². The number of aryl methyl sites for hydroxylation is 2. The predicted octanol–water partition coefficient (Wildman–Crippen LogP) is 4.97. The van der Waals surface area contributed by atoms with E-state index in [9.17, 15) is 19.2 Å². The Kier molecular flexibility index (Phi) is 7.12. The Morgan fingerprint density at radius 1 is 0.943 bits per heavy atom. The van der Waals surface area contributed by atoms with Crippen LogP contribution in [0.2, 0.25) is 5.02 Å². The van der Waals surface area contributed by atoms with Crippen LogP contribution >= 0.6 is 11.6 Å². The summed E-state index contributed by atoms with van der Waals surface area (Å²) in [5, 5.41) is 0.362. The average Bonchev–Trinajstić information content (AvgIpc) is 3.25. The molecule has 0 bridgehead atoms. The SMILES string of the molecule is Cc1ccc(C(=O)COC(=O)[C@H]2CC(=O)N(c3ccc(Cl)cc3C(=O)c3ccccc3)C2)cc1C. The molecule has 0 saturated carbocycles. The lowest BCUT2D eigenvalue weighted by Crippen LogP contribution is -2.28. The van der Waals surface area contributed by atoms with Gasteiger partial charge in [0.15, 0.2) is 18.2 Å². The zero-order chi connectivity index (χ0) is 25.1. The molecule has 0 radical (unpaired) electrons. The first kappa shape index (κ1) is 24.4. The van der Waals surface area contributed by atoms with E-state index in [2.05, 4.69) is 0 Å². The van der Waals surface area contributed by atoms with E-state index in [1.54, 1.807) is 54.6 Å². The molecule has 3 aromatic carbocycles. The molecule has 7 heteroatoms. The van der Waals surface area contributed by atoms with Crippen molar-refractivity contribution in [1.29, 1.82) is 0 Å². The van der Waals surface area contributed by atoms with Gasteiger partial charge in [0.05, 0.1) is 11.6 Å². The topological polar surface area (TPSA) is 80.8 Å². The minimum atomic E-state index is -0.745. The Hall–Kier alpha value is -3.77. The number of halogens is 1. The maximum atomic E-state index is 13.1. The molecule has 35 heavy (non-hydrogen) atoms. The van der Waals surface area contributed by atoms with Crippen LogP contribution in [-0.4, -0.2) is 36.6 Å². The molecule has 6 nitrogen and oxygen atoms in total. The Labute approximate surface area is 208 Å². The quantitative estimate of drug-likeness (QED) is 0.346. The highest BCUT2D eigenvalue weighted by Crippen LogP contribution is 2.32. The first-order valence-electron chi connectivity index (χ1n) is 11.2. The second-order valence-electron chi connectivity index (χ2n) is 8.59. The average molecular weight is 490 g/mol. The van der Waals surface area contributed by atoms with Crippen molar-refractivity contribution in [2.24, 2.45) is 5.92 Å². The normalized spacial score (nSPS) is 15.2. The van der Waals surface area contributed by atoms with Gasteiger partial charge in [0.2, 0.25) is 5.91 Å². The van der Waals surface area contributed by atoms with E-state index >= 15 is 0 Å². The maximum Gasteiger partial charge on any atom is 0.311 e. The third-order valence-corrected chi connectivity index (χ3v) is 6.40. The summed E-state index contributed by atoms with van der Waals surface area (Å²) in [7, 11) is 0. The third kappa shape index (κ3) is 5.33. The molecule has 1 amide bonds. The Morgan fingerprint density at radius 3 is 2.40 bits per heavy atom. The van der Waals surface area contributed by atoms with E-state index < -0.39 is 18.5 Å². The van der Waals surface area contributed by atoms with Crippen LogP contribution in [-0.2, 0) is 14.3 Å². The number of ether oxygens (including phenoxy) is 1. The van der Waals surface area contributed by atoms with Gasteiger partial charge in [-0.1, -0.05) is 54.1 Å². The summed E-state index contributed by atoms with van der Waals surface area (Å²) < 4.78 is 5.26. The molecule has 0 aliphatic carbocycles. The molecule has 1 aliphatic rings. The molecule has 1 saturated heterocycles. The van der Waals surface area contributed by atoms with Crippen molar-refractivity contribution >= 4 is 40.7 Å². The fraction of sp³-hybridized carbons (Fsp3) is 0.214. The van der Waals surface area contributed by atoms with Gasteiger partial charge >= 0.3 is 5.97 Å². The van der Waals surface area contributed by atoms with Gasteiger partial charge < -0.3 is 9.64 Å². The summed E-state index contributed by atoms with van der Waals surface area (Å²) in [6, 6.07) is 18.7. The number of Topliss-reactive ketones (excluding diaryl/α,β-unsaturated/α-hetero) is 1. The monoisotopic (exact) mass is 489 g/mol. The molecule has 0 unspecified atom stereocenters. The summed E-state index contributed by atoms with van der Waals surface area (Å²) in [4.78, 5) is 52.5. The Bertz CT molecular complexity index is 1320. The summed E-state index contributed by atoms with van der Waals surface area (Å²) in [5.74, 6) is -2.26. The lowest BCUT2D eigenvalue weighted by Gasteiger charge is -2.20. The fourth-order valence-electron chi connectivity index (χ4n) is 4.02. The third-order valence-electron chi connectivity index (χ3n) is 6.16. The first-order chi connectivity index (χ1) is 16.7. The molecule has 0 aromatic heterocycles. The van der Waals surface area contributed by atoms with Crippen LogP contribution in [0.4, 0.5) is 5.69 Å². The van der Waals surface area contributed by atoms with Gasteiger partial charge in [-0.2, -0.15) is 0 Å². The van der Waals surface area contributed by atoms with Crippen molar-refractivity contribution in [3.8, 4) is 0 Å². The second-order valence-corrected chi connectivity index (χ2v) is 9.03. The zero-order valence-electron chi connectivity index (χ0n) is 19.4. The smallest absolute Gasteiger partial charge is 0.311 e. The number of rotatable bonds is 7. The van der Waals surface area contributed by atoms with Crippen LogP contribution in [0.3, 0.4) is 0 Å². The van der Waals surface area contributed by atoms with Gasteiger partial charge in [0.25, 0.3) is 0 Å². The summed E-state index contributed by atoms with van der Waals surface area (Å²) >= 11 is 6.15. The second kappa shape index (κ2) is 10.2. The number of carbonyl (C=O) groups excluding carboxylic acids is 4. The van der Waals surface area contributed by atoms with Crippen LogP contribution in [0.1, 0.15) is 43.8 Å². The molecular formula is C28H24ClNO5. The van der Waals surface area contributed by atoms with Crippen molar-refractivity contribution in [1.82, 2.24) is 0 Å². The Balaban J connectivity index is 1.47. The highest BCUT2D eigenvalue weighted by molar-refractivity contribution is 6.31. The molecule has 1 aliphatic heterocycles. The van der Waals surface area contributed by atoms with Gasteiger partial charge in [-0.25, -0.2) is 0 Å². The molecule has 4 rings (SSSR count). The minimum Gasteiger partial charge on any atom is -0.457 e. The van der Waals surface area contributed by atoms with E-state index in [0.29, 0.717) is 21.8 Å². The molecular weight excluding hydrogens is 466 g/mol. The highest BCUT2D eigenvalue weighted by Gasteiger charge is 2.38. The molecule has 0 N–H and O–H groups in total. The van der Waals surface area contributed by atoms with Crippen molar-refractivity contribution in [3.05, 3.63) is 99.6 Å². The number of benzene rings is 3. The number of nitrogens with zero attached hydrogens (tertiary/aromatic N) is 1. The Morgan fingerprint density at radius 2 is 1.69 bits per heavy atom. The van der Waals surface area contributed by atoms with Gasteiger partial charge in [-0.3, -0.25) is 19.2 Å². The number of ketones is 2. The van der Waals surface area contributed by atoms with Crippen LogP contribution in [0.5, 0.6) is 0 Å². The van der Waals surface area contributed by atoms with Gasteiger partial charge in [-0.15, -0.1) is 0 Å². The van der Waals surface area contributed by atoms with Gasteiger partial charge in [-0.05, 0) is 49.2 Å². The number of hydrogen-bond acceptors (Lipinski definition) is 5. The summed E-state index contributed by atoms with van der Waals surface area (Å²) in [5.41, 5.74) is 3.63. The van der Waals surface area contributed by atoms with E-state index in [4.69, 9.17) is 16.3 Å². The van der Waals surface area contributed by atoms with Gasteiger partial charge in [0.1, 0.15) is 0 Å². The molecule has 1 heterocycles. The standard InChI is InChI=1S/C28H24ClNO5/c1-17-8-9-20(12-18(17)2)25(31)16-35-28(34)21-13-26(32)30(15-21)24-11-10-22(29)14-23(24)27(33)19-6-4-3-5-7-19/h3-12,14,21H,13,15-16H2,1-2H3/t21-/m0/s1. The minimum absolute atomic E-state index is 0.0478. The maximum absolute atomic E-state index is 13.1. The number of esters is 1. The van der Waals surface area contributed by atoms with E-state index in [1.807, 2.05) is 19.9 Å². The lowest BCUT2D eigenvalue weighted by atomic mass is 10.0. The van der Waals surface area contributed by atoms with Crippen LogP contribution in [0.15, 0.2) is 66.7 Å². The number of amides is 1. The lowest BCUT2D eigenvalue weighted by molar-refractivity contribution is -0.147. The summed E-state index contributed by atoms with van der Waals surface area (Å²) in [6.07, 6.45) is -0.0712. The number of anilines is 1. The molecule has 1 fully saturated rings. The van der Waals surface area contributed by atoms with Crippen molar-refractivity contribution in [2.75, 3.05) is 18.1 Å². The van der Waals surface area contributed by atoms with E-state index in [1.165, 1.54) is 11.0 Å². The molecule has 0 spiro atoms. The van der Waals surface area contributed by atoms with Crippen molar-refractivity contribution < 1.29 is 23.9 Å². The van der Waals surface area contributed by atoms with Crippen molar-refractivity contribution in [2.45, 2.75) is 20.3 Å².